The lowest BCUT2D eigenvalue weighted by atomic mass is 10.1. The van der Waals surface area contributed by atoms with Crippen LogP contribution in [0, 0.1) is 18.8 Å². The second-order valence-corrected chi connectivity index (χ2v) is 5.41. The summed E-state index contributed by atoms with van der Waals surface area (Å²) in [6.07, 6.45) is 0. The second kappa shape index (κ2) is 5.89. The molecule has 0 atom stereocenters. The van der Waals surface area contributed by atoms with Crippen LogP contribution < -0.4 is 0 Å². The highest BCUT2D eigenvalue weighted by Gasteiger charge is 2.20. The fourth-order valence-electron chi connectivity index (χ4n) is 1.83. The van der Waals surface area contributed by atoms with Gasteiger partial charge < -0.3 is 9.32 Å². The molecule has 0 fully saturated rings. The summed E-state index contributed by atoms with van der Waals surface area (Å²) in [5, 5.41) is 0. The van der Waals surface area contributed by atoms with Crippen LogP contribution in [-0.4, -0.2) is 23.9 Å². The molecule has 0 bridgehead atoms. The van der Waals surface area contributed by atoms with Gasteiger partial charge in [0.05, 0.1) is 0 Å². The number of aryl methyl sites for hydroxylation is 1. The third-order valence-electron chi connectivity index (χ3n) is 2.41. The second-order valence-electron chi connectivity index (χ2n) is 5.41. The predicted molar refractivity (Wildman–Crippen MR) is 69.0 cm³/mol. The van der Waals surface area contributed by atoms with E-state index >= 15 is 0 Å². The smallest absolute Gasteiger partial charge is 0.289 e. The van der Waals surface area contributed by atoms with Crippen LogP contribution in [0.1, 0.15) is 44.0 Å². The Balaban J connectivity index is 2.78. The molecule has 1 aromatic heterocycles. The van der Waals surface area contributed by atoms with E-state index < -0.39 is 0 Å². The zero-order valence-electron chi connectivity index (χ0n) is 11.5. The van der Waals surface area contributed by atoms with Crippen molar-refractivity contribution in [2.24, 2.45) is 11.8 Å². The highest BCUT2D eigenvalue weighted by atomic mass is 16.3. The van der Waals surface area contributed by atoms with Crippen LogP contribution in [0.15, 0.2) is 16.5 Å². The van der Waals surface area contributed by atoms with Crippen LogP contribution in [0.2, 0.25) is 0 Å². The molecule has 1 aromatic rings. The van der Waals surface area contributed by atoms with Gasteiger partial charge in [-0.25, -0.2) is 0 Å². The maximum absolute atomic E-state index is 12.3. The van der Waals surface area contributed by atoms with Gasteiger partial charge in [-0.3, -0.25) is 4.79 Å². The van der Waals surface area contributed by atoms with Crippen molar-refractivity contribution in [2.75, 3.05) is 13.1 Å². The quantitative estimate of drug-likeness (QED) is 0.787. The normalized spacial score (nSPS) is 11.2. The Labute approximate surface area is 104 Å². The summed E-state index contributed by atoms with van der Waals surface area (Å²) in [7, 11) is 0. The number of amides is 1. The lowest BCUT2D eigenvalue weighted by molar-refractivity contribution is 0.0681. The van der Waals surface area contributed by atoms with E-state index in [1.165, 1.54) is 0 Å². The molecular formula is C14H23NO2. The summed E-state index contributed by atoms with van der Waals surface area (Å²) < 4.78 is 5.40. The van der Waals surface area contributed by atoms with Gasteiger partial charge >= 0.3 is 0 Å². The average molecular weight is 237 g/mol. The van der Waals surface area contributed by atoms with Crippen LogP contribution >= 0.6 is 0 Å². The molecule has 0 aromatic carbocycles. The van der Waals surface area contributed by atoms with Gasteiger partial charge in [0.1, 0.15) is 5.76 Å². The first-order valence-corrected chi connectivity index (χ1v) is 6.26. The van der Waals surface area contributed by atoms with Gasteiger partial charge in [0.15, 0.2) is 5.76 Å². The SMILES string of the molecule is Cc1ccc(C(=O)N(CC(C)C)CC(C)C)o1. The highest BCUT2D eigenvalue weighted by Crippen LogP contribution is 2.13. The Bertz CT molecular complexity index is 356. The van der Waals surface area contributed by atoms with E-state index in [1.807, 2.05) is 17.9 Å². The van der Waals surface area contributed by atoms with Crippen LogP contribution in [0.3, 0.4) is 0 Å². The predicted octanol–water partition coefficient (Wildman–Crippen LogP) is 3.34. The summed E-state index contributed by atoms with van der Waals surface area (Å²) in [5.74, 6) is 2.16. The molecule has 1 rings (SSSR count). The molecule has 0 N–H and O–H groups in total. The minimum Gasteiger partial charge on any atom is -0.456 e. The summed E-state index contributed by atoms with van der Waals surface area (Å²) in [6.45, 7) is 11.9. The first kappa shape index (κ1) is 13.8. The minimum absolute atomic E-state index is 0.000463. The van der Waals surface area contributed by atoms with E-state index in [1.54, 1.807) is 6.07 Å². The fourth-order valence-corrected chi connectivity index (χ4v) is 1.83. The molecule has 0 unspecified atom stereocenters. The zero-order valence-corrected chi connectivity index (χ0v) is 11.5. The molecule has 17 heavy (non-hydrogen) atoms. The maximum Gasteiger partial charge on any atom is 0.289 e. The molecule has 0 aliphatic heterocycles. The summed E-state index contributed by atoms with van der Waals surface area (Å²) in [6, 6.07) is 3.58. The first-order valence-electron chi connectivity index (χ1n) is 6.26. The maximum atomic E-state index is 12.3. The van der Waals surface area contributed by atoms with Gasteiger partial charge in [0, 0.05) is 13.1 Å². The molecule has 3 heteroatoms. The number of hydrogen-bond donors (Lipinski definition) is 0. The van der Waals surface area contributed by atoms with E-state index in [0.29, 0.717) is 17.6 Å². The standard InChI is InChI=1S/C14H23NO2/c1-10(2)8-15(9-11(3)4)14(16)13-7-6-12(5)17-13/h6-7,10-11H,8-9H2,1-5H3. The molecular weight excluding hydrogens is 214 g/mol. The number of carbonyl (C=O) groups excluding carboxylic acids is 1. The molecule has 0 aliphatic rings. The Hall–Kier alpha value is -1.25. The lowest BCUT2D eigenvalue weighted by Crippen LogP contribution is -2.36. The van der Waals surface area contributed by atoms with Crippen molar-refractivity contribution in [1.29, 1.82) is 0 Å². The number of carbonyl (C=O) groups is 1. The summed E-state index contributed by atoms with van der Waals surface area (Å²) in [5.41, 5.74) is 0. The third kappa shape index (κ3) is 4.25. The number of hydrogen-bond acceptors (Lipinski definition) is 2. The van der Waals surface area contributed by atoms with Crippen LogP contribution in [0.5, 0.6) is 0 Å². The molecule has 0 saturated carbocycles. The van der Waals surface area contributed by atoms with Gasteiger partial charge in [0.25, 0.3) is 5.91 Å². The summed E-state index contributed by atoms with van der Waals surface area (Å²) >= 11 is 0. The van der Waals surface area contributed by atoms with E-state index in [9.17, 15) is 4.79 Å². The van der Waals surface area contributed by atoms with Gasteiger partial charge in [-0.05, 0) is 30.9 Å². The lowest BCUT2D eigenvalue weighted by Gasteiger charge is -2.25. The van der Waals surface area contributed by atoms with Crippen molar-refractivity contribution in [1.82, 2.24) is 4.90 Å². The van der Waals surface area contributed by atoms with Crippen molar-refractivity contribution < 1.29 is 9.21 Å². The van der Waals surface area contributed by atoms with Crippen molar-refractivity contribution in [3.63, 3.8) is 0 Å². The topological polar surface area (TPSA) is 33.5 Å². The van der Waals surface area contributed by atoms with E-state index in [-0.39, 0.29) is 5.91 Å². The van der Waals surface area contributed by atoms with Crippen molar-refractivity contribution in [2.45, 2.75) is 34.6 Å². The van der Waals surface area contributed by atoms with Crippen molar-refractivity contribution >= 4 is 5.91 Å². The van der Waals surface area contributed by atoms with Crippen LogP contribution in [-0.2, 0) is 0 Å². The molecule has 1 heterocycles. The molecule has 0 saturated heterocycles. The molecule has 0 radical (unpaired) electrons. The van der Waals surface area contributed by atoms with E-state index in [0.717, 1.165) is 18.8 Å². The van der Waals surface area contributed by atoms with Crippen molar-refractivity contribution in [3.8, 4) is 0 Å². The third-order valence-corrected chi connectivity index (χ3v) is 2.41. The molecule has 96 valence electrons. The monoisotopic (exact) mass is 237 g/mol. The first-order chi connectivity index (χ1) is 7.90. The Kier molecular flexibility index (Phi) is 4.79. The van der Waals surface area contributed by atoms with E-state index in [4.69, 9.17) is 4.42 Å². The largest absolute Gasteiger partial charge is 0.456 e. The van der Waals surface area contributed by atoms with E-state index in [2.05, 4.69) is 27.7 Å². The molecule has 1 amide bonds. The Morgan fingerprint density at radius 1 is 1.18 bits per heavy atom. The number of furan rings is 1. The number of nitrogens with zero attached hydrogens (tertiary/aromatic N) is 1. The van der Waals surface area contributed by atoms with Crippen LogP contribution in [0.25, 0.3) is 0 Å². The molecule has 3 nitrogen and oxygen atoms in total. The minimum atomic E-state index is 0.000463. The van der Waals surface area contributed by atoms with Crippen molar-refractivity contribution in [3.05, 3.63) is 23.7 Å². The highest BCUT2D eigenvalue weighted by molar-refractivity contribution is 5.91. The summed E-state index contributed by atoms with van der Waals surface area (Å²) in [4.78, 5) is 14.1. The zero-order chi connectivity index (χ0) is 13.0. The van der Waals surface area contributed by atoms with Gasteiger partial charge in [-0.2, -0.15) is 0 Å². The van der Waals surface area contributed by atoms with Gasteiger partial charge in [0.2, 0.25) is 0 Å². The average Bonchev–Trinajstić information content (AvgIpc) is 2.61. The van der Waals surface area contributed by atoms with Gasteiger partial charge in [-0.15, -0.1) is 0 Å². The number of rotatable bonds is 5. The molecule has 0 spiro atoms. The van der Waals surface area contributed by atoms with Crippen LogP contribution in [0.4, 0.5) is 0 Å². The molecule has 0 aliphatic carbocycles. The van der Waals surface area contributed by atoms with Gasteiger partial charge in [-0.1, -0.05) is 27.7 Å². The Morgan fingerprint density at radius 2 is 1.71 bits per heavy atom. The Morgan fingerprint density at radius 3 is 2.06 bits per heavy atom. The fraction of sp³-hybridized carbons (Fsp3) is 0.643.